The summed E-state index contributed by atoms with van der Waals surface area (Å²) in [7, 11) is 0. The van der Waals surface area contributed by atoms with Crippen LogP contribution < -0.4 is 0 Å². The average molecular weight is 401 g/mol. The first-order valence-corrected chi connectivity index (χ1v) is 11.0. The van der Waals surface area contributed by atoms with Gasteiger partial charge in [-0.1, -0.05) is 11.8 Å². The van der Waals surface area contributed by atoms with Crippen molar-refractivity contribution in [1.82, 2.24) is 15.0 Å². The lowest BCUT2D eigenvalue weighted by Gasteiger charge is -2.07. The quantitative estimate of drug-likeness (QED) is 0.471. The zero-order valence-electron chi connectivity index (χ0n) is 14.4. The maximum atomic E-state index is 12.6. The molecule has 1 aliphatic carbocycles. The molecule has 0 aliphatic heterocycles. The predicted octanol–water partition coefficient (Wildman–Crippen LogP) is 4.22. The number of carbonyl (C=O) groups excluding carboxylic acids is 1. The van der Waals surface area contributed by atoms with Crippen molar-refractivity contribution in [3.63, 3.8) is 0 Å². The monoisotopic (exact) mass is 400 g/mol. The Bertz CT molecular complexity index is 1050. The van der Waals surface area contributed by atoms with Crippen LogP contribution in [0.2, 0.25) is 0 Å². The van der Waals surface area contributed by atoms with E-state index in [1.807, 2.05) is 19.2 Å². The molecule has 1 atom stereocenters. The van der Waals surface area contributed by atoms with Gasteiger partial charge >= 0.3 is 0 Å². The maximum absolute atomic E-state index is 12.6. The molecule has 0 bridgehead atoms. The predicted molar refractivity (Wildman–Crippen MR) is 105 cm³/mol. The van der Waals surface area contributed by atoms with Gasteiger partial charge in [-0.05, 0) is 38.7 Å². The number of thioether (sulfide) groups is 1. The topological polar surface area (TPSA) is 79.5 Å². The van der Waals surface area contributed by atoms with Crippen molar-refractivity contribution in [2.75, 3.05) is 5.75 Å². The second-order valence-corrected chi connectivity index (χ2v) is 9.20. The van der Waals surface area contributed by atoms with Crippen LogP contribution in [0.5, 0.6) is 0 Å². The summed E-state index contributed by atoms with van der Waals surface area (Å²) < 4.78 is 0. The summed E-state index contributed by atoms with van der Waals surface area (Å²) in [6, 6.07) is 2.11. The minimum Gasteiger partial charge on any atom is -0.297 e. The largest absolute Gasteiger partial charge is 0.297 e. The third kappa shape index (κ3) is 3.15. The average Bonchev–Trinajstić information content (AvgIpc) is 3.29. The molecule has 3 aromatic heterocycles. The van der Waals surface area contributed by atoms with Gasteiger partial charge in [0.15, 0.2) is 11.7 Å². The Balaban J connectivity index is 1.60. The van der Waals surface area contributed by atoms with Gasteiger partial charge in [-0.2, -0.15) is 5.26 Å². The molecule has 8 heteroatoms. The lowest BCUT2D eigenvalue weighted by molar-refractivity contribution is -0.116. The number of fused-ring (bicyclic) bond motifs is 3. The van der Waals surface area contributed by atoms with Gasteiger partial charge in [0.25, 0.3) is 0 Å². The number of thiophene rings is 1. The number of carbonyl (C=O) groups is 1. The molecule has 0 radical (unpaired) electrons. The van der Waals surface area contributed by atoms with Gasteiger partial charge in [-0.15, -0.1) is 22.7 Å². The smallest absolute Gasteiger partial charge is 0.167 e. The molecule has 0 saturated carbocycles. The van der Waals surface area contributed by atoms with Crippen molar-refractivity contribution in [2.24, 2.45) is 0 Å². The highest BCUT2D eigenvalue weighted by Crippen LogP contribution is 2.40. The first kappa shape index (κ1) is 17.6. The number of aryl methyl sites for hydroxylation is 4. The van der Waals surface area contributed by atoms with E-state index in [1.54, 1.807) is 11.3 Å². The Labute approximate surface area is 163 Å². The molecule has 0 N–H and O–H groups in total. The van der Waals surface area contributed by atoms with Crippen molar-refractivity contribution in [3.05, 3.63) is 32.3 Å². The molecule has 0 amide bonds. The summed E-state index contributed by atoms with van der Waals surface area (Å²) in [5, 5.41) is 13.9. The number of nitrogens with zero attached hydrogens (tertiary/aromatic N) is 4. The molecule has 4 rings (SSSR count). The second kappa shape index (κ2) is 7.06. The Morgan fingerprint density at radius 1 is 1.35 bits per heavy atom. The Hall–Kier alpha value is -1.82. The first-order valence-electron chi connectivity index (χ1n) is 8.33. The Kier molecular flexibility index (Phi) is 4.78. The van der Waals surface area contributed by atoms with E-state index in [0.29, 0.717) is 5.01 Å². The molecule has 0 aromatic carbocycles. The van der Waals surface area contributed by atoms with Crippen molar-refractivity contribution in [3.8, 4) is 6.07 Å². The fraction of sp³-hybridized carbons (Fsp3) is 0.389. The third-order valence-electron chi connectivity index (χ3n) is 4.33. The molecular weight excluding hydrogens is 384 g/mol. The fourth-order valence-corrected chi connectivity index (χ4v) is 6.40. The van der Waals surface area contributed by atoms with E-state index < -0.39 is 5.92 Å². The van der Waals surface area contributed by atoms with Crippen molar-refractivity contribution in [2.45, 2.75) is 44.1 Å². The molecule has 1 aliphatic rings. The SMILES string of the molecule is Cc1csc([C@@H](C#N)C(=O)CSc2nc(C)nc3sc4c(c23)CCC4)n1. The number of hydrogen-bond donors (Lipinski definition) is 0. The second-order valence-electron chi connectivity index (χ2n) is 6.26. The maximum Gasteiger partial charge on any atom is 0.167 e. The number of aromatic nitrogens is 3. The molecule has 3 aromatic rings. The molecule has 132 valence electrons. The minimum absolute atomic E-state index is 0.122. The van der Waals surface area contributed by atoms with Gasteiger partial charge < -0.3 is 0 Å². The van der Waals surface area contributed by atoms with Gasteiger partial charge in [0.05, 0.1) is 11.8 Å². The molecule has 0 fully saturated rings. The van der Waals surface area contributed by atoms with Crippen LogP contribution in [0.25, 0.3) is 10.2 Å². The van der Waals surface area contributed by atoms with E-state index >= 15 is 0 Å². The van der Waals surface area contributed by atoms with Crippen molar-refractivity contribution in [1.29, 1.82) is 5.26 Å². The highest BCUT2D eigenvalue weighted by Gasteiger charge is 2.26. The lowest BCUT2D eigenvalue weighted by Crippen LogP contribution is -2.13. The normalized spacial score (nSPS) is 14.3. The van der Waals surface area contributed by atoms with E-state index in [-0.39, 0.29) is 11.5 Å². The Morgan fingerprint density at radius 2 is 2.19 bits per heavy atom. The van der Waals surface area contributed by atoms with E-state index in [9.17, 15) is 10.1 Å². The Morgan fingerprint density at radius 3 is 2.92 bits per heavy atom. The number of ketones is 1. The molecule has 0 unspecified atom stereocenters. The van der Waals surface area contributed by atoms with E-state index in [0.717, 1.165) is 39.6 Å². The van der Waals surface area contributed by atoms with E-state index in [2.05, 4.69) is 21.0 Å². The van der Waals surface area contributed by atoms with Crippen LogP contribution >= 0.6 is 34.4 Å². The van der Waals surface area contributed by atoms with Gasteiger partial charge in [0.2, 0.25) is 0 Å². The lowest BCUT2D eigenvalue weighted by atomic mass is 10.1. The third-order valence-corrected chi connectivity index (χ3v) is 7.54. The summed E-state index contributed by atoms with van der Waals surface area (Å²) in [4.78, 5) is 28.5. The summed E-state index contributed by atoms with van der Waals surface area (Å²) in [5.74, 6) is 0.0169. The van der Waals surface area contributed by atoms with Crippen LogP contribution in [0.1, 0.15) is 39.3 Å². The van der Waals surface area contributed by atoms with Crippen LogP contribution in [0, 0.1) is 25.2 Å². The van der Waals surface area contributed by atoms with Crippen molar-refractivity contribution < 1.29 is 4.79 Å². The number of nitriles is 1. The molecule has 5 nitrogen and oxygen atoms in total. The van der Waals surface area contributed by atoms with Gasteiger partial charge in [-0.25, -0.2) is 15.0 Å². The summed E-state index contributed by atoms with van der Waals surface area (Å²) in [6.07, 6.45) is 3.34. The molecule has 0 spiro atoms. The zero-order valence-corrected chi connectivity index (χ0v) is 16.9. The van der Waals surface area contributed by atoms with Crippen LogP contribution in [-0.4, -0.2) is 26.5 Å². The number of hydrogen-bond acceptors (Lipinski definition) is 8. The number of rotatable bonds is 5. The highest BCUT2D eigenvalue weighted by molar-refractivity contribution is 8.00. The summed E-state index contributed by atoms with van der Waals surface area (Å²) in [5.41, 5.74) is 2.19. The van der Waals surface area contributed by atoms with Crippen LogP contribution in [-0.2, 0) is 17.6 Å². The summed E-state index contributed by atoms with van der Waals surface area (Å²) >= 11 is 4.54. The fourth-order valence-electron chi connectivity index (χ4n) is 3.16. The molecule has 3 heterocycles. The standard InChI is InChI=1S/C18H16N4OS3/c1-9-7-24-16(20-9)12(6-19)13(23)8-25-17-15-11-4-3-5-14(11)26-18(15)22-10(2)21-17/h7,12H,3-5,8H2,1-2H3/t12-/m0/s1. The zero-order chi connectivity index (χ0) is 18.3. The van der Waals surface area contributed by atoms with Gasteiger partial charge in [0, 0.05) is 21.3 Å². The van der Waals surface area contributed by atoms with Crippen LogP contribution in [0.4, 0.5) is 0 Å². The van der Waals surface area contributed by atoms with Gasteiger partial charge in [-0.3, -0.25) is 4.79 Å². The van der Waals surface area contributed by atoms with Crippen LogP contribution in [0.3, 0.4) is 0 Å². The molecular formula is C18H16N4OS3. The van der Waals surface area contributed by atoms with Crippen molar-refractivity contribution >= 4 is 50.4 Å². The molecule has 26 heavy (non-hydrogen) atoms. The van der Waals surface area contributed by atoms with E-state index in [4.69, 9.17) is 0 Å². The number of Topliss-reactive ketones (excluding diaryl/α,β-unsaturated/α-hetero) is 1. The highest BCUT2D eigenvalue weighted by atomic mass is 32.2. The minimum atomic E-state index is -0.798. The first-order chi connectivity index (χ1) is 12.6. The molecule has 0 saturated heterocycles. The number of thiazole rings is 1. The van der Waals surface area contributed by atoms with Crippen LogP contribution in [0.15, 0.2) is 10.4 Å². The van der Waals surface area contributed by atoms with E-state index in [1.165, 1.54) is 40.0 Å². The summed E-state index contributed by atoms with van der Waals surface area (Å²) in [6.45, 7) is 3.75. The van der Waals surface area contributed by atoms with Gasteiger partial charge in [0.1, 0.15) is 20.7 Å².